The zero-order valence-corrected chi connectivity index (χ0v) is 15.8. The summed E-state index contributed by atoms with van der Waals surface area (Å²) in [4.78, 5) is 0. The molecule has 0 fully saturated rings. The van der Waals surface area contributed by atoms with E-state index < -0.39 is 0 Å². The Morgan fingerprint density at radius 3 is 1.90 bits per heavy atom. The van der Waals surface area contributed by atoms with Gasteiger partial charge in [-0.15, -0.1) is 0 Å². The van der Waals surface area contributed by atoms with Gasteiger partial charge in [0.1, 0.15) is 11.2 Å². The van der Waals surface area contributed by atoms with Gasteiger partial charge in [-0.1, -0.05) is 18.2 Å². The van der Waals surface area contributed by atoms with Gasteiger partial charge in [0.2, 0.25) is 0 Å². The van der Waals surface area contributed by atoms with E-state index in [0.717, 1.165) is 49.4 Å². The van der Waals surface area contributed by atoms with Gasteiger partial charge in [0.25, 0.3) is 0 Å². The molecule has 0 bridgehead atoms. The maximum Gasteiger partial charge on any atom is 0.137 e. The highest BCUT2D eigenvalue weighted by atomic mass is 16.3. The predicted octanol–water partition coefficient (Wildman–Crippen LogP) is 6.43. The Labute approximate surface area is 171 Å². The van der Waals surface area contributed by atoms with Crippen molar-refractivity contribution >= 4 is 43.7 Å². The van der Waals surface area contributed by atoms with Crippen molar-refractivity contribution in [3.63, 3.8) is 0 Å². The number of furan rings is 1. The Kier molecular flexibility index (Phi) is 3.27. The van der Waals surface area contributed by atoms with Crippen LogP contribution in [0.4, 0.5) is 0 Å². The van der Waals surface area contributed by atoms with Gasteiger partial charge < -0.3 is 8.98 Å². The molecule has 2 heterocycles. The monoisotopic (exact) mass is 383 g/mol. The number of para-hydroxylation sites is 1. The first-order valence-electron chi connectivity index (χ1n) is 9.57. The van der Waals surface area contributed by atoms with E-state index in [9.17, 15) is 10.5 Å². The first-order chi connectivity index (χ1) is 14.8. The van der Waals surface area contributed by atoms with Crippen LogP contribution in [0.2, 0.25) is 0 Å². The molecule has 0 aliphatic heterocycles. The van der Waals surface area contributed by atoms with Crippen LogP contribution in [-0.2, 0) is 0 Å². The number of rotatable bonds is 1. The molecule has 138 valence electrons. The van der Waals surface area contributed by atoms with Crippen LogP contribution in [0.15, 0.2) is 83.3 Å². The molecule has 6 rings (SSSR count). The highest BCUT2D eigenvalue weighted by molar-refractivity contribution is 6.11. The third-order valence-corrected chi connectivity index (χ3v) is 5.64. The van der Waals surface area contributed by atoms with Crippen LogP contribution in [0, 0.1) is 22.7 Å². The maximum atomic E-state index is 9.36. The predicted molar refractivity (Wildman–Crippen MR) is 117 cm³/mol. The summed E-state index contributed by atoms with van der Waals surface area (Å²) in [5, 5.41) is 22.8. The number of nitriles is 2. The van der Waals surface area contributed by atoms with Gasteiger partial charge in [-0.2, -0.15) is 10.5 Å². The third-order valence-electron chi connectivity index (χ3n) is 5.64. The molecule has 0 radical (unpaired) electrons. The Hall–Kier alpha value is -4.54. The van der Waals surface area contributed by atoms with Crippen molar-refractivity contribution in [2.45, 2.75) is 0 Å². The fourth-order valence-electron chi connectivity index (χ4n) is 4.29. The second kappa shape index (κ2) is 5.98. The normalized spacial score (nSPS) is 11.3. The first-order valence-corrected chi connectivity index (χ1v) is 9.57. The van der Waals surface area contributed by atoms with Crippen LogP contribution in [-0.4, -0.2) is 4.57 Å². The molecule has 0 unspecified atom stereocenters. The molecule has 4 aromatic carbocycles. The Bertz CT molecular complexity index is 1650. The lowest BCUT2D eigenvalue weighted by atomic mass is 10.1. The standard InChI is InChI=1S/C26H13N3O/c27-14-16-5-9-23-21(11-16)22-12-17(15-28)6-10-24(22)29(23)18-7-8-20-19-3-1-2-4-25(19)30-26(20)13-18/h1-13H. The van der Waals surface area contributed by atoms with Crippen molar-refractivity contribution < 1.29 is 4.42 Å². The quantitative estimate of drug-likeness (QED) is 0.329. The zero-order valence-electron chi connectivity index (χ0n) is 15.8. The minimum atomic E-state index is 0.594. The molecule has 0 aliphatic carbocycles. The average Bonchev–Trinajstić information content (AvgIpc) is 3.33. The molecule has 4 nitrogen and oxygen atoms in total. The van der Waals surface area contributed by atoms with Crippen LogP contribution >= 0.6 is 0 Å². The molecular weight excluding hydrogens is 370 g/mol. The van der Waals surface area contributed by atoms with Crippen LogP contribution in [0.5, 0.6) is 0 Å². The van der Waals surface area contributed by atoms with Crippen molar-refractivity contribution in [3.8, 4) is 17.8 Å². The summed E-state index contributed by atoms with van der Waals surface area (Å²) in [6.07, 6.45) is 0. The molecule has 30 heavy (non-hydrogen) atoms. The Balaban J connectivity index is 1.71. The molecule has 0 aliphatic rings. The number of hydrogen-bond acceptors (Lipinski definition) is 3. The van der Waals surface area contributed by atoms with Crippen LogP contribution in [0.3, 0.4) is 0 Å². The summed E-state index contributed by atoms with van der Waals surface area (Å²) in [6, 6.07) is 30.0. The molecule has 0 N–H and O–H groups in total. The SMILES string of the molecule is N#Cc1ccc2c(c1)c1cc(C#N)ccc1n2-c1ccc2c(c1)oc1ccccc12. The lowest BCUT2D eigenvalue weighted by Crippen LogP contribution is -1.93. The van der Waals surface area contributed by atoms with Crippen molar-refractivity contribution in [1.82, 2.24) is 4.57 Å². The summed E-state index contributed by atoms with van der Waals surface area (Å²) < 4.78 is 8.24. The molecule has 6 aromatic rings. The Morgan fingerprint density at radius 2 is 1.23 bits per heavy atom. The van der Waals surface area contributed by atoms with E-state index in [-0.39, 0.29) is 0 Å². The van der Waals surface area contributed by atoms with E-state index in [1.807, 2.05) is 60.7 Å². The van der Waals surface area contributed by atoms with Gasteiger partial charge in [-0.05, 0) is 54.6 Å². The minimum absolute atomic E-state index is 0.594. The summed E-state index contributed by atoms with van der Waals surface area (Å²) in [6.45, 7) is 0. The second-order valence-electron chi connectivity index (χ2n) is 7.30. The zero-order chi connectivity index (χ0) is 20.2. The second-order valence-corrected chi connectivity index (χ2v) is 7.30. The van der Waals surface area contributed by atoms with Crippen molar-refractivity contribution in [2.75, 3.05) is 0 Å². The lowest BCUT2D eigenvalue weighted by Gasteiger charge is -2.08. The number of nitrogens with zero attached hydrogens (tertiary/aromatic N) is 3. The van der Waals surface area contributed by atoms with Gasteiger partial charge in [0.15, 0.2) is 0 Å². The van der Waals surface area contributed by atoms with Gasteiger partial charge in [0, 0.05) is 33.3 Å². The lowest BCUT2D eigenvalue weighted by molar-refractivity contribution is 0.668. The highest BCUT2D eigenvalue weighted by Gasteiger charge is 2.15. The van der Waals surface area contributed by atoms with Gasteiger partial charge >= 0.3 is 0 Å². The summed E-state index contributed by atoms with van der Waals surface area (Å²) in [5.74, 6) is 0. The van der Waals surface area contributed by atoms with E-state index >= 15 is 0 Å². The van der Waals surface area contributed by atoms with Crippen LogP contribution in [0.1, 0.15) is 11.1 Å². The number of hydrogen-bond donors (Lipinski definition) is 0. The topological polar surface area (TPSA) is 65.7 Å². The fourth-order valence-corrected chi connectivity index (χ4v) is 4.29. The fraction of sp³-hybridized carbons (Fsp3) is 0. The van der Waals surface area contributed by atoms with E-state index in [4.69, 9.17) is 4.42 Å². The molecule has 0 spiro atoms. The van der Waals surface area contributed by atoms with Crippen molar-refractivity contribution in [1.29, 1.82) is 10.5 Å². The minimum Gasteiger partial charge on any atom is -0.456 e. The average molecular weight is 383 g/mol. The Morgan fingerprint density at radius 1 is 0.600 bits per heavy atom. The highest BCUT2D eigenvalue weighted by Crippen LogP contribution is 2.35. The first kappa shape index (κ1) is 16.4. The number of benzene rings is 4. The van der Waals surface area contributed by atoms with Crippen molar-refractivity contribution in [3.05, 3.63) is 90.0 Å². The van der Waals surface area contributed by atoms with Gasteiger partial charge in [-0.3, -0.25) is 0 Å². The van der Waals surface area contributed by atoms with Gasteiger partial charge in [0.05, 0.1) is 34.3 Å². The molecule has 4 heteroatoms. The largest absolute Gasteiger partial charge is 0.456 e. The molecule has 0 saturated carbocycles. The van der Waals surface area contributed by atoms with E-state index in [2.05, 4.69) is 34.9 Å². The molecule has 0 amide bonds. The number of fused-ring (bicyclic) bond motifs is 6. The molecule has 0 saturated heterocycles. The van der Waals surface area contributed by atoms with E-state index in [1.54, 1.807) is 0 Å². The smallest absolute Gasteiger partial charge is 0.137 e. The van der Waals surface area contributed by atoms with E-state index in [1.165, 1.54) is 0 Å². The third kappa shape index (κ3) is 2.19. The maximum absolute atomic E-state index is 9.36. The summed E-state index contributed by atoms with van der Waals surface area (Å²) in [7, 11) is 0. The molecule has 2 aromatic heterocycles. The van der Waals surface area contributed by atoms with E-state index in [0.29, 0.717) is 11.1 Å². The van der Waals surface area contributed by atoms with Crippen LogP contribution < -0.4 is 0 Å². The molecular formula is C26H13N3O. The summed E-state index contributed by atoms with van der Waals surface area (Å²) >= 11 is 0. The van der Waals surface area contributed by atoms with Crippen LogP contribution in [0.25, 0.3) is 49.4 Å². The molecule has 0 atom stereocenters. The van der Waals surface area contributed by atoms with Gasteiger partial charge in [-0.25, -0.2) is 0 Å². The summed E-state index contributed by atoms with van der Waals surface area (Å²) in [5.41, 5.74) is 5.81. The number of aromatic nitrogens is 1. The van der Waals surface area contributed by atoms with Crippen molar-refractivity contribution in [2.24, 2.45) is 0 Å².